The van der Waals surface area contributed by atoms with Crippen LogP contribution in [0.4, 0.5) is 17.2 Å². The van der Waals surface area contributed by atoms with Gasteiger partial charge in [-0.1, -0.05) is 0 Å². The van der Waals surface area contributed by atoms with Crippen molar-refractivity contribution in [3.8, 4) is 11.3 Å². The smallest absolute Gasteiger partial charge is 0.248 e. The third-order valence-electron chi connectivity index (χ3n) is 6.78. The summed E-state index contributed by atoms with van der Waals surface area (Å²) in [5, 5.41) is 7.70. The third kappa shape index (κ3) is 3.45. The van der Waals surface area contributed by atoms with Gasteiger partial charge in [0.2, 0.25) is 5.56 Å². The molecular formula is C24H26N8O. The first-order valence-corrected chi connectivity index (χ1v) is 11.3. The second-order valence-corrected chi connectivity index (χ2v) is 9.09. The molecular weight excluding hydrogens is 416 g/mol. The van der Waals surface area contributed by atoms with Crippen LogP contribution >= 0.6 is 0 Å². The lowest BCUT2D eigenvalue weighted by molar-refractivity contribution is 0.191. The van der Waals surface area contributed by atoms with Gasteiger partial charge in [-0.25, -0.2) is 14.5 Å². The molecule has 1 aromatic carbocycles. The second-order valence-electron chi connectivity index (χ2n) is 9.09. The molecule has 2 fully saturated rings. The van der Waals surface area contributed by atoms with Crippen LogP contribution in [0.2, 0.25) is 0 Å². The fraction of sp³-hybridized carbons (Fsp3) is 0.333. The molecule has 6 rings (SSSR count). The summed E-state index contributed by atoms with van der Waals surface area (Å²) >= 11 is 0. The summed E-state index contributed by atoms with van der Waals surface area (Å²) in [6, 6.07) is 13.7. The Balaban J connectivity index is 1.23. The molecule has 168 valence electrons. The Morgan fingerprint density at radius 2 is 1.94 bits per heavy atom. The van der Waals surface area contributed by atoms with E-state index in [-0.39, 0.29) is 5.56 Å². The first-order valence-electron chi connectivity index (χ1n) is 11.3. The van der Waals surface area contributed by atoms with Gasteiger partial charge in [0.25, 0.3) is 0 Å². The largest absolute Gasteiger partial charge is 0.366 e. The Hall–Kier alpha value is -3.72. The molecule has 0 aliphatic carbocycles. The van der Waals surface area contributed by atoms with Crippen LogP contribution in [0.15, 0.2) is 59.9 Å². The van der Waals surface area contributed by atoms with Crippen LogP contribution in [0, 0.1) is 0 Å². The molecule has 0 unspecified atom stereocenters. The molecule has 2 aliphatic rings. The minimum absolute atomic E-state index is 0.175. The van der Waals surface area contributed by atoms with E-state index < -0.39 is 0 Å². The molecule has 2 aliphatic heterocycles. The van der Waals surface area contributed by atoms with Gasteiger partial charge in [0.15, 0.2) is 11.5 Å². The van der Waals surface area contributed by atoms with Gasteiger partial charge in [0.1, 0.15) is 6.33 Å². The monoisotopic (exact) mass is 442 g/mol. The van der Waals surface area contributed by atoms with Gasteiger partial charge in [-0.05, 0) is 50.6 Å². The predicted molar refractivity (Wildman–Crippen MR) is 128 cm³/mol. The number of nitrogens with one attached hydrogen (secondary N) is 2. The Morgan fingerprint density at radius 1 is 1.09 bits per heavy atom. The predicted octanol–water partition coefficient (Wildman–Crippen LogP) is 2.89. The number of hydrogen-bond donors (Lipinski definition) is 2. The standard InChI is InChI=1S/C24H26N8O/c1-15(2)30-12-20-10-19(30)13-31(20)18-5-3-17(4-6-18)29-23-24-27-14-28-32(24)21(11-26-23)16-7-8-25-22(33)9-16/h3-9,11,14-15,19-20H,10,12-13H2,1-2H3,(H,25,33)(H,26,29)/t19-,20-/m0/s1. The number of nitrogens with zero attached hydrogens (tertiary/aromatic N) is 6. The first-order chi connectivity index (χ1) is 16.1. The number of piperazine rings is 1. The van der Waals surface area contributed by atoms with Crippen LogP contribution in [0.3, 0.4) is 0 Å². The van der Waals surface area contributed by atoms with Crippen molar-refractivity contribution >= 4 is 22.8 Å². The number of pyridine rings is 1. The Kier molecular flexibility index (Phi) is 4.65. The second kappa shape index (κ2) is 7.70. The van der Waals surface area contributed by atoms with E-state index in [1.807, 2.05) is 6.07 Å². The highest BCUT2D eigenvalue weighted by Gasteiger charge is 2.43. The van der Waals surface area contributed by atoms with Gasteiger partial charge < -0.3 is 15.2 Å². The van der Waals surface area contributed by atoms with Gasteiger partial charge in [-0.3, -0.25) is 9.69 Å². The van der Waals surface area contributed by atoms with Crippen molar-refractivity contribution in [3.05, 3.63) is 65.5 Å². The number of benzene rings is 1. The average molecular weight is 443 g/mol. The van der Waals surface area contributed by atoms with E-state index in [0.717, 1.165) is 24.3 Å². The molecule has 2 bridgehead atoms. The lowest BCUT2D eigenvalue weighted by atomic mass is 10.2. The van der Waals surface area contributed by atoms with Gasteiger partial charge >= 0.3 is 0 Å². The minimum Gasteiger partial charge on any atom is -0.366 e. The van der Waals surface area contributed by atoms with E-state index in [4.69, 9.17) is 0 Å². The summed E-state index contributed by atoms with van der Waals surface area (Å²) in [6.07, 6.45) is 6.06. The minimum atomic E-state index is -0.175. The third-order valence-corrected chi connectivity index (χ3v) is 6.78. The summed E-state index contributed by atoms with van der Waals surface area (Å²) < 4.78 is 1.69. The zero-order valence-electron chi connectivity index (χ0n) is 18.6. The highest BCUT2D eigenvalue weighted by Crippen LogP contribution is 2.36. The summed E-state index contributed by atoms with van der Waals surface area (Å²) in [6.45, 7) is 6.83. The fourth-order valence-electron chi connectivity index (χ4n) is 5.23. The zero-order chi connectivity index (χ0) is 22.5. The number of H-pyrrole nitrogens is 1. The van der Waals surface area contributed by atoms with E-state index in [1.54, 1.807) is 16.9 Å². The Labute approximate surface area is 191 Å². The van der Waals surface area contributed by atoms with Crippen molar-refractivity contribution < 1.29 is 0 Å². The topological polar surface area (TPSA) is 94.4 Å². The number of aromatic nitrogens is 5. The summed E-state index contributed by atoms with van der Waals surface area (Å²) in [5.41, 5.74) is 4.06. The number of hydrogen-bond acceptors (Lipinski definition) is 7. The molecule has 0 amide bonds. The van der Waals surface area contributed by atoms with Crippen molar-refractivity contribution in [1.82, 2.24) is 29.5 Å². The number of aromatic amines is 1. The molecule has 4 aromatic rings. The molecule has 9 heteroatoms. The van der Waals surface area contributed by atoms with Crippen LogP contribution in [-0.2, 0) is 0 Å². The van der Waals surface area contributed by atoms with E-state index >= 15 is 0 Å². The lowest BCUT2D eigenvalue weighted by Crippen LogP contribution is -2.48. The molecule has 0 saturated carbocycles. The average Bonchev–Trinajstić information content (AvgIpc) is 3.56. The molecule has 0 spiro atoms. The van der Waals surface area contributed by atoms with Crippen molar-refractivity contribution in [3.63, 3.8) is 0 Å². The molecule has 9 nitrogen and oxygen atoms in total. The van der Waals surface area contributed by atoms with E-state index in [1.165, 1.54) is 24.5 Å². The SMILES string of the molecule is CC(C)N1C[C@@H]2C[C@H]1CN2c1ccc(Nc2ncc(-c3cc[nH]c(=O)c3)n3ncnc23)cc1. The Morgan fingerprint density at radius 3 is 2.67 bits per heavy atom. The summed E-state index contributed by atoms with van der Waals surface area (Å²) in [4.78, 5) is 28.5. The molecule has 3 aromatic heterocycles. The lowest BCUT2D eigenvalue weighted by Gasteiger charge is -2.37. The van der Waals surface area contributed by atoms with Crippen molar-refractivity contribution in [2.45, 2.75) is 38.4 Å². The summed E-state index contributed by atoms with van der Waals surface area (Å²) in [5.74, 6) is 0.613. The molecule has 2 saturated heterocycles. The maximum atomic E-state index is 11.7. The number of fused-ring (bicyclic) bond motifs is 3. The quantitative estimate of drug-likeness (QED) is 0.491. The van der Waals surface area contributed by atoms with E-state index in [9.17, 15) is 4.79 Å². The molecule has 5 heterocycles. The zero-order valence-corrected chi connectivity index (χ0v) is 18.6. The molecule has 33 heavy (non-hydrogen) atoms. The van der Waals surface area contributed by atoms with Gasteiger partial charge in [0, 0.05) is 60.4 Å². The fourth-order valence-corrected chi connectivity index (χ4v) is 5.23. The van der Waals surface area contributed by atoms with Gasteiger partial charge in [0.05, 0.1) is 11.9 Å². The van der Waals surface area contributed by atoms with Gasteiger partial charge in [-0.2, -0.15) is 5.10 Å². The van der Waals surface area contributed by atoms with Crippen LogP contribution in [0.25, 0.3) is 16.9 Å². The van der Waals surface area contributed by atoms with Crippen molar-refractivity contribution in [2.75, 3.05) is 23.3 Å². The number of likely N-dealkylation sites (tertiary alicyclic amines) is 1. The first kappa shape index (κ1) is 19.9. The van der Waals surface area contributed by atoms with E-state index in [2.05, 4.69) is 73.3 Å². The maximum Gasteiger partial charge on any atom is 0.248 e. The molecule has 0 radical (unpaired) electrons. The summed E-state index contributed by atoms with van der Waals surface area (Å²) in [7, 11) is 0. The van der Waals surface area contributed by atoms with Crippen LogP contribution in [0.5, 0.6) is 0 Å². The van der Waals surface area contributed by atoms with Crippen LogP contribution in [-0.4, -0.2) is 60.7 Å². The van der Waals surface area contributed by atoms with Crippen LogP contribution < -0.4 is 15.8 Å². The van der Waals surface area contributed by atoms with Crippen molar-refractivity contribution in [1.29, 1.82) is 0 Å². The van der Waals surface area contributed by atoms with E-state index in [0.29, 0.717) is 35.3 Å². The maximum absolute atomic E-state index is 11.7. The highest BCUT2D eigenvalue weighted by molar-refractivity contribution is 5.74. The highest BCUT2D eigenvalue weighted by atomic mass is 16.1. The molecule has 2 atom stereocenters. The van der Waals surface area contributed by atoms with Gasteiger partial charge in [-0.15, -0.1) is 0 Å². The normalized spacial score (nSPS) is 20.3. The van der Waals surface area contributed by atoms with Crippen LogP contribution in [0.1, 0.15) is 20.3 Å². The van der Waals surface area contributed by atoms with Crippen molar-refractivity contribution in [2.24, 2.45) is 0 Å². The number of anilines is 3. The Bertz CT molecular complexity index is 1360. The molecule has 2 N–H and O–H groups in total. The number of rotatable bonds is 5.